The molecule has 1 unspecified atom stereocenters. The van der Waals surface area contributed by atoms with Gasteiger partial charge < -0.3 is 10.5 Å². The van der Waals surface area contributed by atoms with E-state index in [4.69, 9.17) is 5.73 Å². The smallest absolute Gasteiger partial charge is 0.342 e. The van der Waals surface area contributed by atoms with Crippen molar-refractivity contribution in [3.63, 3.8) is 0 Å². The summed E-state index contributed by atoms with van der Waals surface area (Å²) < 4.78 is 18.4. The molecule has 0 radical (unpaired) electrons. The molecule has 0 aliphatic rings. The Labute approximate surface area is 113 Å². The predicted molar refractivity (Wildman–Crippen MR) is 71.6 cm³/mol. The van der Waals surface area contributed by atoms with Crippen LogP contribution in [0.4, 0.5) is 4.39 Å². The fourth-order valence-electron chi connectivity index (χ4n) is 1.73. The number of aryl methyl sites for hydroxylation is 2. The lowest BCUT2D eigenvalue weighted by atomic mass is 9.97. The van der Waals surface area contributed by atoms with E-state index in [1.807, 2.05) is 26.0 Å². The summed E-state index contributed by atoms with van der Waals surface area (Å²) in [5.41, 5.74) is 8.33. The van der Waals surface area contributed by atoms with Crippen molar-refractivity contribution >= 4 is 18.4 Å². The number of alkyl halides is 1. The number of hydrogen-bond donors (Lipinski definition) is 1. The average Bonchev–Trinajstić information content (AvgIpc) is 2.27. The molecule has 0 spiro atoms. The van der Waals surface area contributed by atoms with Crippen LogP contribution in [0.5, 0.6) is 0 Å². The van der Waals surface area contributed by atoms with Gasteiger partial charge in [-0.2, -0.15) is 0 Å². The Kier molecular flexibility index (Phi) is 6.88. The Morgan fingerprint density at radius 2 is 2.06 bits per heavy atom. The van der Waals surface area contributed by atoms with Gasteiger partial charge in [0, 0.05) is 0 Å². The van der Waals surface area contributed by atoms with Crippen molar-refractivity contribution in [2.45, 2.75) is 33.0 Å². The second kappa shape index (κ2) is 7.34. The SMILES string of the molecule is CCOC(=O)C(F)[C@@H](N)c1ccc(C)cc1C.Cl. The number of nitrogens with two attached hydrogens (primary N) is 1. The van der Waals surface area contributed by atoms with Gasteiger partial charge in [0.1, 0.15) is 0 Å². The van der Waals surface area contributed by atoms with Crippen molar-refractivity contribution in [2.24, 2.45) is 5.73 Å². The van der Waals surface area contributed by atoms with Gasteiger partial charge in [-0.15, -0.1) is 12.4 Å². The molecule has 0 aliphatic carbocycles. The van der Waals surface area contributed by atoms with Crippen LogP contribution >= 0.6 is 12.4 Å². The number of ether oxygens (including phenoxy) is 1. The van der Waals surface area contributed by atoms with Gasteiger partial charge in [-0.25, -0.2) is 9.18 Å². The molecular weight excluding hydrogens is 257 g/mol. The summed E-state index contributed by atoms with van der Waals surface area (Å²) >= 11 is 0. The average molecular weight is 276 g/mol. The number of carbonyl (C=O) groups is 1. The first-order chi connectivity index (χ1) is 7.97. The molecular formula is C13H19ClFNO2. The number of rotatable bonds is 4. The normalized spacial score (nSPS) is 13.4. The van der Waals surface area contributed by atoms with E-state index in [-0.39, 0.29) is 19.0 Å². The highest BCUT2D eigenvalue weighted by Gasteiger charge is 2.28. The summed E-state index contributed by atoms with van der Waals surface area (Å²) in [6.45, 7) is 5.58. The number of benzene rings is 1. The molecule has 5 heteroatoms. The third kappa shape index (κ3) is 3.96. The fraction of sp³-hybridized carbons (Fsp3) is 0.462. The third-order valence-electron chi connectivity index (χ3n) is 2.61. The second-order valence-corrected chi connectivity index (χ2v) is 4.04. The third-order valence-corrected chi connectivity index (χ3v) is 2.61. The van der Waals surface area contributed by atoms with E-state index in [2.05, 4.69) is 4.74 Å². The molecule has 0 amide bonds. The van der Waals surface area contributed by atoms with E-state index in [0.29, 0.717) is 5.56 Å². The van der Waals surface area contributed by atoms with Crippen LogP contribution in [-0.2, 0) is 9.53 Å². The first-order valence-electron chi connectivity index (χ1n) is 5.60. The van der Waals surface area contributed by atoms with Crippen LogP contribution in [-0.4, -0.2) is 18.7 Å². The van der Waals surface area contributed by atoms with Gasteiger partial charge in [0.15, 0.2) is 0 Å². The molecule has 2 atom stereocenters. The largest absolute Gasteiger partial charge is 0.464 e. The Morgan fingerprint density at radius 1 is 1.44 bits per heavy atom. The number of esters is 1. The van der Waals surface area contributed by atoms with Crippen LogP contribution in [0.1, 0.15) is 29.7 Å². The van der Waals surface area contributed by atoms with E-state index < -0.39 is 18.2 Å². The second-order valence-electron chi connectivity index (χ2n) is 4.04. The van der Waals surface area contributed by atoms with Crippen LogP contribution in [0.3, 0.4) is 0 Å². The molecule has 0 aliphatic heterocycles. The number of halogens is 2. The van der Waals surface area contributed by atoms with Crippen LogP contribution in [0.25, 0.3) is 0 Å². The predicted octanol–water partition coefficient (Wildman–Crippen LogP) is 2.63. The zero-order valence-electron chi connectivity index (χ0n) is 10.8. The Morgan fingerprint density at radius 3 is 2.56 bits per heavy atom. The van der Waals surface area contributed by atoms with E-state index in [0.717, 1.165) is 11.1 Å². The number of hydrogen-bond acceptors (Lipinski definition) is 3. The minimum atomic E-state index is -1.82. The minimum absolute atomic E-state index is 0. The summed E-state index contributed by atoms with van der Waals surface area (Å²) in [5.74, 6) is -0.903. The molecule has 1 aromatic rings. The van der Waals surface area contributed by atoms with Gasteiger partial charge in [-0.1, -0.05) is 23.8 Å². The molecule has 3 nitrogen and oxygen atoms in total. The monoisotopic (exact) mass is 275 g/mol. The van der Waals surface area contributed by atoms with E-state index in [9.17, 15) is 9.18 Å². The summed E-state index contributed by atoms with van der Waals surface area (Å²) in [6.07, 6.45) is -1.82. The summed E-state index contributed by atoms with van der Waals surface area (Å²) in [4.78, 5) is 11.3. The lowest BCUT2D eigenvalue weighted by Gasteiger charge is -2.18. The minimum Gasteiger partial charge on any atom is -0.464 e. The Balaban J connectivity index is 0.00000289. The van der Waals surface area contributed by atoms with Crippen molar-refractivity contribution in [2.75, 3.05) is 6.61 Å². The van der Waals surface area contributed by atoms with E-state index in [1.165, 1.54) is 0 Å². The summed E-state index contributed by atoms with van der Waals surface area (Å²) in [6, 6.07) is 4.53. The lowest BCUT2D eigenvalue weighted by Crippen LogP contribution is -2.32. The first-order valence-corrected chi connectivity index (χ1v) is 5.60. The van der Waals surface area contributed by atoms with Crippen LogP contribution in [0.15, 0.2) is 18.2 Å². The first kappa shape index (κ1) is 16.9. The zero-order chi connectivity index (χ0) is 13.0. The molecule has 2 N–H and O–H groups in total. The standard InChI is InChI=1S/C13H18FNO2.ClH/c1-4-17-13(16)11(14)12(15)10-6-5-8(2)7-9(10)3;/h5-7,11-12H,4,15H2,1-3H3;1H/t11?,12-;/m0./s1. The Hall–Kier alpha value is -1.13. The van der Waals surface area contributed by atoms with Crippen molar-refractivity contribution in [1.82, 2.24) is 0 Å². The molecule has 0 saturated heterocycles. The van der Waals surface area contributed by atoms with E-state index in [1.54, 1.807) is 13.0 Å². The quantitative estimate of drug-likeness (QED) is 0.860. The van der Waals surface area contributed by atoms with Crippen molar-refractivity contribution in [1.29, 1.82) is 0 Å². The van der Waals surface area contributed by atoms with Gasteiger partial charge in [-0.05, 0) is 31.9 Å². The van der Waals surface area contributed by atoms with Gasteiger partial charge in [0.2, 0.25) is 6.17 Å². The summed E-state index contributed by atoms with van der Waals surface area (Å²) in [5, 5.41) is 0. The van der Waals surface area contributed by atoms with Crippen LogP contribution in [0.2, 0.25) is 0 Å². The topological polar surface area (TPSA) is 52.3 Å². The molecule has 0 bridgehead atoms. The fourth-order valence-corrected chi connectivity index (χ4v) is 1.73. The highest BCUT2D eigenvalue weighted by molar-refractivity contribution is 5.85. The molecule has 1 aromatic carbocycles. The highest BCUT2D eigenvalue weighted by Crippen LogP contribution is 2.22. The Bertz CT molecular complexity index is 412. The van der Waals surface area contributed by atoms with Crippen LogP contribution < -0.4 is 5.73 Å². The van der Waals surface area contributed by atoms with Gasteiger partial charge >= 0.3 is 5.97 Å². The lowest BCUT2D eigenvalue weighted by molar-refractivity contribution is -0.149. The number of carbonyl (C=O) groups excluding carboxylic acids is 1. The van der Waals surface area contributed by atoms with Crippen molar-refractivity contribution < 1.29 is 13.9 Å². The van der Waals surface area contributed by atoms with Crippen LogP contribution in [0, 0.1) is 13.8 Å². The van der Waals surface area contributed by atoms with Crippen molar-refractivity contribution in [3.05, 3.63) is 34.9 Å². The van der Waals surface area contributed by atoms with E-state index >= 15 is 0 Å². The van der Waals surface area contributed by atoms with Crippen molar-refractivity contribution in [3.8, 4) is 0 Å². The maximum atomic E-state index is 13.7. The maximum Gasteiger partial charge on any atom is 0.342 e. The zero-order valence-corrected chi connectivity index (χ0v) is 11.6. The summed E-state index contributed by atoms with van der Waals surface area (Å²) in [7, 11) is 0. The van der Waals surface area contributed by atoms with Gasteiger partial charge in [0.05, 0.1) is 12.6 Å². The highest BCUT2D eigenvalue weighted by atomic mass is 35.5. The maximum absolute atomic E-state index is 13.7. The van der Waals surface area contributed by atoms with Gasteiger partial charge in [0.25, 0.3) is 0 Å². The van der Waals surface area contributed by atoms with Gasteiger partial charge in [-0.3, -0.25) is 0 Å². The molecule has 0 fully saturated rings. The molecule has 102 valence electrons. The molecule has 0 heterocycles. The molecule has 0 aromatic heterocycles. The molecule has 18 heavy (non-hydrogen) atoms. The molecule has 1 rings (SSSR count). The molecule has 0 saturated carbocycles.